The fourth-order valence-electron chi connectivity index (χ4n) is 12.2. The van der Waals surface area contributed by atoms with Crippen molar-refractivity contribution in [2.24, 2.45) is 11.8 Å². The lowest BCUT2D eigenvalue weighted by Crippen LogP contribution is -2.30. The second-order valence-corrected chi connectivity index (χ2v) is 32.1. The van der Waals surface area contributed by atoms with E-state index in [0.29, 0.717) is 25.7 Å². The van der Waals surface area contributed by atoms with Crippen LogP contribution in [0.2, 0.25) is 0 Å². The molecule has 582 valence electrons. The SMILES string of the molecule is CCCCCCCCCCCCCCCCCCCCCC(=O)O[C@H](COC(=O)CCCCCCCCCCCCCCCCC(C)CC)COP(=O)(O)OC[C@@H](O)COP(=O)(O)OC[C@@H](COC(=O)CCCCCCCCCCC)OC(=O)CCCCCCCCCCCC(C)C. The number of phosphoric ester groups is 2. The van der Waals surface area contributed by atoms with Crippen molar-refractivity contribution in [3.63, 3.8) is 0 Å². The Balaban J connectivity index is 5.22. The second kappa shape index (κ2) is 70.7. The monoisotopic (exact) mass is 1440 g/mol. The number of carbonyl (C=O) groups excluding carboxylic acids is 4. The number of aliphatic hydroxyl groups excluding tert-OH is 1. The molecule has 3 N–H and O–H groups in total. The lowest BCUT2D eigenvalue weighted by Gasteiger charge is -2.21. The molecule has 0 rings (SSSR count). The average molecular weight is 1440 g/mol. The zero-order valence-electron chi connectivity index (χ0n) is 64.1. The Morgan fingerprint density at radius 1 is 0.296 bits per heavy atom. The summed E-state index contributed by atoms with van der Waals surface area (Å²) in [5, 5.41) is 10.6. The first kappa shape index (κ1) is 96.1. The van der Waals surface area contributed by atoms with Crippen molar-refractivity contribution < 1.29 is 80.2 Å². The molecule has 0 bridgehead atoms. The minimum absolute atomic E-state index is 0.105. The van der Waals surface area contributed by atoms with E-state index in [-0.39, 0.29) is 25.7 Å². The Labute approximate surface area is 600 Å². The molecule has 0 saturated heterocycles. The highest BCUT2D eigenvalue weighted by Gasteiger charge is 2.30. The molecule has 0 saturated carbocycles. The first-order chi connectivity index (χ1) is 47.4. The van der Waals surface area contributed by atoms with Crippen molar-refractivity contribution in [1.82, 2.24) is 0 Å². The van der Waals surface area contributed by atoms with Crippen LogP contribution in [0.1, 0.15) is 414 Å². The van der Waals surface area contributed by atoms with Crippen LogP contribution in [-0.4, -0.2) is 96.7 Å². The molecular formula is C79H154O17P2. The Hall–Kier alpha value is -1.94. The number of ether oxygens (including phenoxy) is 4. The van der Waals surface area contributed by atoms with Gasteiger partial charge >= 0.3 is 39.5 Å². The molecule has 0 amide bonds. The number of esters is 4. The van der Waals surface area contributed by atoms with Crippen LogP contribution in [0.15, 0.2) is 0 Å². The van der Waals surface area contributed by atoms with E-state index in [9.17, 15) is 43.2 Å². The summed E-state index contributed by atoms with van der Waals surface area (Å²) < 4.78 is 68.6. The zero-order chi connectivity index (χ0) is 72.1. The quantitative estimate of drug-likeness (QED) is 0.0222. The Morgan fingerprint density at radius 2 is 0.520 bits per heavy atom. The van der Waals surface area contributed by atoms with Gasteiger partial charge in [-0.15, -0.1) is 0 Å². The highest BCUT2D eigenvalue weighted by molar-refractivity contribution is 7.47. The lowest BCUT2D eigenvalue weighted by atomic mass is 9.99. The number of hydrogen-bond acceptors (Lipinski definition) is 15. The van der Waals surface area contributed by atoms with E-state index < -0.39 is 97.5 Å². The fourth-order valence-corrected chi connectivity index (χ4v) is 13.7. The van der Waals surface area contributed by atoms with Gasteiger partial charge in [-0.05, 0) is 37.5 Å². The first-order valence-corrected chi connectivity index (χ1v) is 44.0. The Bertz CT molecular complexity index is 1890. The van der Waals surface area contributed by atoms with Gasteiger partial charge in [0, 0.05) is 25.7 Å². The molecule has 0 aromatic rings. The number of phosphoric acid groups is 2. The third kappa shape index (κ3) is 71.1. The van der Waals surface area contributed by atoms with Crippen LogP contribution in [0.5, 0.6) is 0 Å². The van der Waals surface area contributed by atoms with Crippen molar-refractivity contribution in [3.8, 4) is 0 Å². The summed E-state index contributed by atoms with van der Waals surface area (Å²) in [6.45, 7) is 9.63. The number of hydrogen-bond donors (Lipinski definition) is 3. The summed E-state index contributed by atoms with van der Waals surface area (Å²) in [4.78, 5) is 72.9. The third-order valence-corrected chi connectivity index (χ3v) is 20.7. The van der Waals surface area contributed by atoms with Gasteiger partial charge in [-0.3, -0.25) is 37.3 Å². The molecule has 17 nitrogen and oxygen atoms in total. The Kier molecular flexibility index (Phi) is 69.3. The predicted molar refractivity (Wildman–Crippen MR) is 400 cm³/mol. The minimum Gasteiger partial charge on any atom is -0.462 e. The van der Waals surface area contributed by atoms with Gasteiger partial charge in [0.05, 0.1) is 26.4 Å². The predicted octanol–water partition coefficient (Wildman–Crippen LogP) is 23.5. The number of aliphatic hydroxyl groups is 1. The van der Waals surface area contributed by atoms with Crippen LogP contribution in [0.3, 0.4) is 0 Å². The Morgan fingerprint density at radius 3 is 0.776 bits per heavy atom. The van der Waals surface area contributed by atoms with Crippen molar-refractivity contribution in [2.75, 3.05) is 39.6 Å². The number of unbranched alkanes of at least 4 members (excludes halogenated alkanes) is 47. The van der Waals surface area contributed by atoms with Crippen molar-refractivity contribution in [2.45, 2.75) is 432 Å². The van der Waals surface area contributed by atoms with Crippen LogP contribution in [0.25, 0.3) is 0 Å². The number of carbonyl (C=O) groups is 4. The average Bonchev–Trinajstić information content (AvgIpc) is 0.965. The third-order valence-electron chi connectivity index (χ3n) is 18.8. The maximum Gasteiger partial charge on any atom is 0.472 e. The second-order valence-electron chi connectivity index (χ2n) is 29.2. The summed E-state index contributed by atoms with van der Waals surface area (Å²) in [7, 11) is -9.91. The molecule has 3 unspecified atom stereocenters. The van der Waals surface area contributed by atoms with E-state index >= 15 is 0 Å². The highest BCUT2D eigenvalue weighted by atomic mass is 31.2. The zero-order valence-corrected chi connectivity index (χ0v) is 65.9. The van der Waals surface area contributed by atoms with Crippen LogP contribution >= 0.6 is 15.6 Å². The van der Waals surface area contributed by atoms with Crippen LogP contribution in [-0.2, 0) is 65.4 Å². The van der Waals surface area contributed by atoms with E-state index in [1.807, 2.05) is 0 Å². The molecular weight excluding hydrogens is 1280 g/mol. The van der Waals surface area contributed by atoms with Gasteiger partial charge < -0.3 is 33.8 Å². The molecule has 0 radical (unpaired) electrons. The summed E-state index contributed by atoms with van der Waals surface area (Å²) in [5.41, 5.74) is 0. The summed E-state index contributed by atoms with van der Waals surface area (Å²) >= 11 is 0. The smallest absolute Gasteiger partial charge is 0.462 e. The first-order valence-electron chi connectivity index (χ1n) is 41.0. The standard InChI is InChI=1S/C79H154O17P2/c1-7-10-12-14-16-18-19-20-21-22-23-24-25-30-33-39-45-51-57-63-78(83)95-75(68-90-77(82)62-56-50-44-38-32-29-27-26-28-31-37-42-48-54-60-72(6)9-3)70-94-98(87,88)92-66-73(80)65-91-97(85,86)93-69-74(67-89-76(81)61-55-49-43-35-17-15-13-11-8-2)96-79(84)64-58-52-46-40-34-36-41-47-53-59-71(4)5/h71-75,80H,7-70H2,1-6H3,(H,85,86)(H,87,88)/t72?,73-,74+,75+/m0/s1. The van der Waals surface area contributed by atoms with Gasteiger partial charge in [0.1, 0.15) is 19.3 Å². The van der Waals surface area contributed by atoms with Gasteiger partial charge in [-0.25, -0.2) is 9.13 Å². The van der Waals surface area contributed by atoms with Crippen LogP contribution in [0, 0.1) is 11.8 Å². The van der Waals surface area contributed by atoms with Crippen LogP contribution in [0.4, 0.5) is 0 Å². The van der Waals surface area contributed by atoms with Gasteiger partial charge in [0.15, 0.2) is 12.2 Å². The molecule has 0 spiro atoms. The van der Waals surface area contributed by atoms with E-state index in [0.717, 1.165) is 102 Å². The highest BCUT2D eigenvalue weighted by Crippen LogP contribution is 2.45. The summed E-state index contributed by atoms with van der Waals surface area (Å²) in [6.07, 6.45) is 59.7. The maximum absolute atomic E-state index is 13.1. The van der Waals surface area contributed by atoms with Crippen LogP contribution < -0.4 is 0 Å². The summed E-state index contributed by atoms with van der Waals surface area (Å²) in [6, 6.07) is 0. The molecule has 0 heterocycles. The van der Waals surface area contributed by atoms with Gasteiger partial charge in [-0.1, -0.05) is 363 Å². The van der Waals surface area contributed by atoms with Crippen molar-refractivity contribution >= 4 is 39.5 Å². The van der Waals surface area contributed by atoms with Gasteiger partial charge in [0.25, 0.3) is 0 Å². The summed E-state index contributed by atoms with van der Waals surface area (Å²) in [5.74, 6) is -0.526. The van der Waals surface area contributed by atoms with Gasteiger partial charge in [0.2, 0.25) is 0 Å². The normalized spacial score (nSPS) is 14.2. The molecule has 0 aliphatic carbocycles. The largest absolute Gasteiger partial charge is 0.472 e. The van der Waals surface area contributed by atoms with Crippen molar-refractivity contribution in [1.29, 1.82) is 0 Å². The molecule has 0 fully saturated rings. The molecule has 6 atom stereocenters. The molecule has 0 aromatic carbocycles. The van der Waals surface area contributed by atoms with E-state index in [4.69, 9.17) is 37.0 Å². The minimum atomic E-state index is -4.96. The number of rotatable bonds is 78. The molecule has 0 aliphatic rings. The van der Waals surface area contributed by atoms with Gasteiger partial charge in [-0.2, -0.15) is 0 Å². The van der Waals surface area contributed by atoms with Crippen molar-refractivity contribution in [3.05, 3.63) is 0 Å². The van der Waals surface area contributed by atoms with E-state index in [1.165, 1.54) is 231 Å². The molecule has 19 heteroatoms. The van der Waals surface area contributed by atoms with E-state index in [1.54, 1.807) is 0 Å². The molecule has 98 heavy (non-hydrogen) atoms. The van der Waals surface area contributed by atoms with E-state index in [2.05, 4.69) is 41.5 Å². The maximum atomic E-state index is 13.1. The lowest BCUT2D eigenvalue weighted by molar-refractivity contribution is -0.161. The molecule has 0 aliphatic heterocycles. The topological polar surface area (TPSA) is 237 Å². The fraction of sp³-hybridized carbons (Fsp3) is 0.949. The molecule has 0 aromatic heterocycles.